The average Bonchev–Trinajstić information content (AvgIpc) is 3.40. The average molecular weight is 391 g/mol. The van der Waals surface area contributed by atoms with Gasteiger partial charge in [-0.05, 0) is 61.1 Å². The van der Waals surface area contributed by atoms with E-state index in [0.717, 1.165) is 23.9 Å². The minimum atomic E-state index is -0.114. The van der Waals surface area contributed by atoms with Crippen molar-refractivity contribution in [3.05, 3.63) is 59.2 Å². The van der Waals surface area contributed by atoms with Gasteiger partial charge in [-0.2, -0.15) is 0 Å². The first-order valence-electron chi connectivity index (χ1n) is 10.4. The number of aromatic amines is 1. The largest absolute Gasteiger partial charge is 0.459 e. The number of hydrogen-bond donors (Lipinski definition) is 1. The van der Waals surface area contributed by atoms with Crippen LogP contribution in [0.1, 0.15) is 45.5 Å². The maximum absolute atomic E-state index is 13.1. The fourth-order valence-corrected chi connectivity index (χ4v) is 4.58. The van der Waals surface area contributed by atoms with E-state index in [0.29, 0.717) is 37.9 Å². The molecule has 5 rings (SSSR count). The number of benzene rings is 1. The van der Waals surface area contributed by atoms with Crippen molar-refractivity contribution in [3.63, 3.8) is 0 Å². The van der Waals surface area contributed by atoms with Crippen molar-refractivity contribution in [2.75, 3.05) is 26.2 Å². The molecule has 6 nitrogen and oxygen atoms in total. The molecule has 0 spiro atoms. The second kappa shape index (κ2) is 7.10. The summed E-state index contributed by atoms with van der Waals surface area (Å²) in [7, 11) is 0. The second-order valence-electron chi connectivity index (χ2n) is 8.25. The number of piperazine rings is 1. The van der Waals surface area contributed by atoms with Crippen molar-refractivity contribution >= 4 is 22.7 Å². The maximum Gasteiger partial charge on any atom is 0.289 e. The van der Waals surface area contributed by atoms with E-state index in [-0.39, 0.29) is 11.8 Å². The van der Waals surface area contributed by atoms with Gasteiger partial charge in [0.15, 0.2) is 5.76 Å². The Morgan fingerprint density at radius 1 is 1.07 bits per heavy atom. The smallest absolute Gasteiger partial charge is 0.289 e. The molecule has 1 N–H and O–H groups in total. The van der Waals surface area contributed by atoms with Crippen molar-refractivity contribution in [1.29, 1.82) is 0 Å². The Kier molecular flexibility index (Phi) is 4.42. The third-order valence-corrected chi connectivity index (χ3v) is 6.27. The molecule has 1 atom stereocenters. The highest BCUT2D eigenvalue weighted by molar-refractivity contribution is 5.99. The lowest BCUT2D eigenvalue weighted by Crippen LogP contribution is -2.50. The fraction of sp³-hybridized carbons (Fsp3) is 0.391. The number of carbonyl (C=O) groups is 2. The first kappa shape index (κ1) is 18.0. The van der Waals surface area contributed by atoms with Crippen molar-refractivity contribution < 1.29 is 14.0 Å². The SMILES string of the molecule is CC1CCc2[nH]c3ccc(C(=O)N4CCN(C(=O)c5ccco5)CC4)cc3c2C1. The van der Waals surface area contributed by atoms with E-state index in [1.54, 1.807) is 17.0 Å². The molecule has 2 aliphatic rings. The van der Waals surface area contributed by atoms with Crippen LogP contribution < -0.4 is 0 Å². The van der Waals surface area contributed by atoms with Crippen LogP contribution in [0, 0.1) is 5.92 Å². The van der Waals surface area contributed by atoms with Gasteiger partial charge in [-0.25, -0.2) is 0 Å². The van der Waals surface area contributed by atoms with Gasteiger partial charge in [-0.1, -0.05) is 6.92 Å². The van der Waals surface area contributed by atoms with E-state index in [2.05, 4.69) is 11.9 Å². The Morgan fingerprint density at radius 2 is 1.83 bits per heavy atom. The van der Waals surface area contributed by atoms with Crippen LogP contribution in [-0.4, -0.2) is 52.8 Å². The third-order valence-electron chi connectivity index (χ3n) is 6.27. The van der Waals surface area contributed by atoms with Crippen LogP contribution in [-0.2, 0) is 12.8 Å². The molecule has 0 radical (unpaired) electrons. The Bertz CT molecular complexity index is 1060. The molecule has 1 aliphatic heterocycles. The first-order valence-corrected chi connectivity index (χ1v) is 10.4. The number of nitrogens with zero attached hydrogens (tertiary/aromatic N) is 2. The molecule has 6 heteroatoms. The normalized spacial score (nSPS) is 19.4. The summed E-state index contributed by atoms with van der Waals surface area (Å²) in [6, 6.07) is 9.38. The lowest BCUT2D eigenvalue weighted by atomic mass is 9.87. The molecule has 1 aromatic carbocycles. The topological polar surface area (TPSA) is 69.6 Å². The molecule has 1 saturated heterocycles. The monoisotopic (exact) mass is 391 g/mol. The predicted octanol–water partition coefficient (Wildman–Crippen LogP) is 3.48. The molecule has 2 amide bonds. The molecular weight excluding hydrogens is 366 g/mol. The number of aromatic nitrogens is 1. The van der Waals surface area contributed by atoms with Gasteiger partial charge in [0, 0.05) is 48.3 Å². The Balaban J connectivity index is 1.32. The Morgan fingerprint density at radius 3 is 2.55 bits per heavy atom. The number of carbonyl (C=O) groups excluding carboxylic acids is 2. The van der Waals surface area contributed by atoms with Crippen LogP contribution in [0.4, 0.5) is 0 Å². The molecule has 2 aromatic heterocycles. The Labute approximate surface area is 169 Å². The maximum atomic E-state index is 13.1. The Hall–Kier alpha value is -3.02. The van der Waals surface area contributed by atoms with Gasteiger partial charge in [0.25, 0.3) is 11.8 Å². The molecule has 3 aromatic rings. The predicted molar refractivity (Wildman–Crippen MR) is 110 cm³/mol. The molecule has 3 heterocycles. The minimum absolute atomic E-state index is 0.0378. The van der Waals surface area contributed by atoms with Crippen LogP contribution in [0.5, 0.6) is 0 Å². The molecule has 1 aliphatic carbocycles. The zero-order valence-corrected chi connectivity index (χ0v) is 16.6. The summed E-state index contributed by atoms with van der Waals surface area (Å²) in [5, 5.41) is 1.18. The highest BCUT2D eigenvalue weighted by Gasteiger charge is 2.27. The van der Waals surface area contributed by atoms with E-state index < -0.39 is 0 Å². The molecule has 1 fully saturated rings. The van der Waals surface area contributed by atoms with Crippen molar-refractivity contribution in [2.24, 2.45) is 5.92 Å². The standard InChI is InChI=1S/C23H25N3O3/c1-15-4-6-19-17(13-15)18-14-16(5-7-20(18)24-19)22(27)25-8-10-26(11-9-25)23(28)21-3-2-12-29-21/h2-3,5,7,12,14-15,24H,4,6,8-11,13H2,1H3. The van der Waals surface area contributed by atoms with E-state index in [9.17, 15) is 9.59 Å². The van der Waals surface area contributed by atoms with Crippen LogP contribution in [0.15, 0.2) is 41.0 Å². The number of aryl methyl sites for hydroxylation is 1. The molecule has 0 bridgehead atoms. The summed E-state index contributed by atoms with van der Waals surface area (Å²) < 4.78 is 5.20. The number of hydrogen-bond acceptors (Lipinski definition) is 3. The van der Waals surface area contributed by atoms with Gasteiger partial charge >= 0.3 is 0 Å². The van der Waals surface area contributed by atoms with E-state index >= 15 is 0 Å². The van der Waals surface area contributed by atoms with Gasteiger partial charge in [0.1, 0.15) is 0 Å². The second-order valence-corrected chi connectivity index (χ2v) is 8.25. The van der Waals surface area contributed by atoms with E-state index in [1.165, 1.54) is 29.3 Å². The quantitative estimate of drug-likeness (QED) is 0.727. The van der Waals surface area contributed by atoms with Crippen LogP contribution in [0.3, 0.4) is 0 Å². The summed E-state index contributed by atoms with van der Waals surface area (Å²) in [5.41, 5.74) is 4.55. The highest BCUT2D eigenvalue weighted by atomic mass is 16.3. The first-order chi connectivity index (χ1) is 14.1. The van der Waals surface area contributed by atoms with E-state index in [1.807, 2.05) is 23.1 Å². The summed E-state index contributed by atoms with van der Waals surface area (Å²) in [6.45, 7) is 4.40. The van der Waals surface area contributed by atoms with E-state index in [4.69, 9.17) is 4.42 Å². The van der Waals surface area contributed by atoms with Gasteiger partial charge in [-0.15, -0.1) is 0 Å². The van der Waals surface area contributed by atoms with Gasteiger partial charge < -0.3 is 19.2 Å². The summed E-state index contributed by atoms with van der Waals surface area (Å²) in [4.78, 5) is 32.6. The van der Waals surface area contributed by atoms with Crippen LogP contribution in [0.25, 0.3) is 10.9 Å². The number of H-pyrrole nitrogens is 1. The van der Waals surface area contributed by atoms with Crippen LogP contribution >= 0.6 is 0 Å². The van der Waals surface area contributed by atoms with Gasteiger partial charge in [0.2, 0.25) is 0 Å². The molecular formula is C23H25N3O3. The molecule has 150 valence electrons. The number of rotatable bonds is 2. The zero-order chi connectivity index (χ0) is 20.0. The molecule has 0 saturated carbocycles. The zero-order valence-electron chi connectivity index (χ0n) is 16.6. The number of nitrogens with one attached hydrogen (secondary N) is 1. The molecule has 1 unspecified atom stereocenters. The summed E-state index contributed by atoms with van der Waals surface area (Å²) >= 11 is 0. The minimum Gasteiger partial charge on any atom is -0.459 e. The lowest BCUT2D eigenvalue weighted by molar-refractivity contribution is 0.0518. The third kappa shape index (κ3) is 3.22. The van der Waals surface area contributed by atoms with Gasteiger partial charge in [0.05, 0.1) is 6.26 Å². The fourth-order valence-electron chi connectivity index (χ4n) is 4.58. The number of fused-ring (bicyclic) bond motifs is 3. The van der Waals surface area contributed by atoms with Crippen molar-refractivity contribution in [1.82, 2.24) is 14.8 Å². The highest BCUT2D eigenvalue weighted by Crippen LogP contribution is 2.32. The van der Waals surface area contributed by atoms with Crippen molar-refractivity contribution in [3.8, 4) is 0 Å². The summed E-state index contributed by atoms with van der Waals surface area (Å²) in [6.07, 6.45) is 4.87. The number of furan rings is 1. The van der Waals surface area contributed by atoms with Crippen molar-refractivity contribution in [2.45, 2.75) is 26.2 Å². The molecule has 29 heavy (non-hydrogen) atoms. The van der Waals surface area contributed by atoms with Crippen LogP contribution in [0.2, 0.25) is 0 Å². The summed E-state index contributed by atoms with van der Waals surface area (Å²) in [5.74, 6) is 0.953. The lowest BCUT2D eigenvalue weighted by Gasteiger charge is -2.34. The number of amides is 2. The van der Waals surface area contributed by atoms with Gasteiger partial charge in [-0.3, -0.25) is 9.59 Å².